The zero-order valence-corrected chi connectivity index (χ0v) is 12.5. The van der Waals surface area contributed by atoms with Crippen molar-refractivity contribution in [3.63, 3.8) is 0 Å². The van der Waals surface area contributed by atoms with Crippen molar-refractivity contribution >= 4 is 21.6 Å². The van der Waals surface area contributed by atoms with E-state index in [4.69, 9.17) is 10.9 Å². The van der Waals surface area contributed by atoms with E-state index in [9.17, 15) is 13.2 Å². The van der Waals surface area contributed by atoms with Crippen LogP contribution in [0.5, 0.6) is 0 Å². The van der Waals surface area contributed by atoms with Gasteiger partial charge in [-0.15, -0.1) is 0 Å². The van der Waals surface area contributed by atoms with Crippen molar-refractivity contribution < 1.29 is 13.2 Å². The Balaban J connectivity index is 2.91. The van der Waals surface area contributed by atoms with Crippen LogP contribution < -0.4 is 16.2 Å². The highest BCUT2D eigenvalue weighted by atomic mass is 32.2. The highest BCUT2D eigenvalue weighted by Gasteiger charge is 2.33. The van der Waals surface area contributed by atoms with Crippen molar-refractivity contribution in [2.75, 3.05) is 11.9 Å². The third kappa shape index (κ3) is 3.56. The molecule has 0 fully saturated rings. The summed E-state index contributed by atoms with van der Waals surface area (Å²) in [7, 11) is -3.72. The van der Waals surface area contributed by atoms with E-state index in [0.29, 0.717) is 18.5 Å². The maximum absolute atomic E-state index is 12.3. The van der Waals surface area contributed by atoms with Crippen LogP contribution in [-0.2, 0) is 14.8 Å². The van der Waals surface area contributed by atoms with Gasteiger partial charge < -0.3 is 11.1 Å². The molecule has 0 aliphatic heterocycles. The molecule has 7 heteroatoms. The Bertz CT molecular complexity index is 555. The zero-order chi connectivity index (χ0) is 15.4. The van der Waals surface area contributed by atoms with Crippen LogP contribution in [0.4, 0.5) is 5.69 Å². The van der Waals surface area contributed by atoms with Crippen molar-refractivity contribution in [2.45, 2.75) is 31.6 Å². The van der Waals surface area contributed by atoms with E-state index in [1.54, 1.807) is 0 Å². The lowest BCUT2D eigenvalue weighted by Gasteiger charge is -2.28. The summed E-state index contributed by atoms with van der Waals surface area (Å²) in [5.74, 6) is -0.159. The third-order valence-electron chi connectivity index (χ3n) is 3.67. The zero-order valence-electron chi connectivity index (χ0n) is 11.7. The molecule has 0 unspecified atom stereocenters. The molecule has 0 atom stereocenters. The number of hydrogen-bond acceptors (Lipinski definition) is 4. The minimum atomic E-state index is -3.72. The molecule has 0 radical (unpaired) electrons. The number of sulfonamides is 1. The average molecular weight is 299 g/mol. The Kier molecular flexibility index (Phi) is 5.27. The van der Waals surface area contributed by atoms with Gasteiger partial charge in [0.1, 0.15) is 0 Å². The first-order valence-corrected chi connectivity index (χ1v) is 7.98. The number of carbonyl (C=O) groups excluding carboxylic acids is 1. The Labute approximate surface area is 119 Å². The van der Waals surface area contributed by atoms with Crippen LogP contribution in [0.2, 0.25) is 0 Å². The molecule has 1 aromatic carbocycles. The minimum absolute atomic E-state index is 0.00608. The lowest BCUT2D eigenvalue weighted by molar-refractivity contribution is -0.125. The predicted octanol–water partition coefficient (Wildman–Crippen LogP) is 1.04. The lowest BCUT2D eigenvalue weighted by Crippen LogP contribution is -2.41. The van der Waals surface area contributed by atoms with E-state index in [0.717, 1.165) is 0 Å². The summed E-state index contributed by atoms with van der Waals surface area (Å²) in [6.45, 7) is 4.10. The molecule has 0 spiro atoms. The highest BCUT2D eigenvalue weighted by molar-refractivity contribution is 7.89. The van der Waals surface area contributed by atoms with Crippen molar-refractivity contribution in [1.82, 2.24) is 0 Å². The van der Waals surface area contributed by atoms with Gasteiger partial charge in [-0.3, -0.25) is 4.79 Å². The summed E-state index contributed by atoms with van der Waals surface area (Å²) in [4.78, 5) is 12.3. The number of primary sulfonamides is 1. The molecule has 1 amide bonds. The quantitative estimate of drug-likeness (QED) is 0.727. The molecular formula is C13H21N3O3S. The maximum Gasteiger partial charge on any atom is 0.238 e. The number of carbonyl (C=O) groups is 1. The number of rotatable bonds is 6. The van der Waals surface area contributed by atoms with Crippen LogP contribution in [0.25, 0.3) is 0 Å². The van der Waals surface area contributed by atoms with Crippen molar-refractivity contribution in [3.8, 4) is 0 Å². The van der Waals surface area contributed by atoms with Crippen molar-refractivity contribution in [1.29, 1.82) is 0 Å². The molecule has 0 saturated carbocycles. The van der Waals surface area contributed by atoms with E-state index < -0.39 is 15.4 Å². The van der Waals surface area contributed by atoms with Gasteiger partial charge in [-0.1, -0.05) is 13.8 Å². The normalized spacial score (nSPS) is 12.2. The summed E-state index contributed by atoms with van der Waals surface area (Å²) in [6, 6.07) is 5.72. The third-order valence-corrected chi connectivity index (χ3v) is 4.60. The smallest absolute Gasteiger partial charge is 0.238 e. The topological polar surface area (TPSA) is 115 Å². The predicted molar refractivity (Wildman–Crippen MR) is 78.5 cm³/mol. The van der Waals surface area contributed by atoms with Crippen LogP contribution in [0, 0.1) is 5.41 Å². The second-order valence-corrected chi connectivity index (χ2v) is 6.28. The van der Waals surface area contributed by atoms with Gasteiger partial charge in [0.25, 0.3) is 0 Å². The summed E-state index contributed by atoms with van der Waals surface area (Å²) in [6.07, 6.45) is 1.28. The van der Waals surface area contributed by atoms with Crippen molar-refractivity contribution in [2.24, 2.45) is 16.3 Å². The van der Waals surface area contributed by atoms with Crippen LogP contribution in [0.15, 0.2) is 29.2 Å². The van der Waals surface area contributed by atoms with E-state index in [2.05, 4.69) is 5.32 Å². The summed E-state index contributed by atoms with van der Waals surface area (Å²) in [5.41, 5.74) is 5.63. The number of amides is 1. The molecule has 0 heterocycles. The summed E-state index contributed by atoms with van der Waals surface area (Å²) in [5, 5.41) is 7.77. The highest BCUT2D eigenvalue weighted by Crippen LogP contribution is 2.27. The number of nitrogens with two attached hydrogens (primary N) is 2. The first-order valence-electron chi connectivity index (χ1n) is 6.43. The fourth-order valence-electron chi connectivity index (χ4n) is 1.94. The fraction of sp³-hybridized carbons (Fsp3) is 0.462. The van der Waals surface area contributed by atoms with Crippen LogP contribution in [0.3, 0.4) is 0 Å². The number of anilines is 1. The van der Waals surface area contributed by atoms with Crippen LogP contribution in [0.1, 0.15) is 26.7 Å². The Hall–Kier alpha value is -1.44. The monoisotopic (exact) mass is 299 g/mol. The Morgan fingerprint density at radius 2 is 1.70 bits per heavy atom. The molecule has 1 aromatic rings. The van der Waals surface area contributed by atoms with E-state index >= 15 is 0 Å². The molecule has 0 aromatic heterocycles. The molecule has 0 saturated heterocycles. The molecule has 6 nitrogen and oxygen atoms in total. The molecule has 5 N–H and O–H groups in total. The van der Waals surface area contributed by atoms with Gasteiger partial charge in [0.2, 0.25) is 15.9 Å². The summed E-state index contributed by atoms with van der Waals surface area (Å²) >= 11 is 0. The Morgan fingerprint density at radius 1 is 1.20 bits per heavy atom. The van der Waals surface area contributed by atoms with Gasteiger partial charge in [0.05, 0.1) is 10.3 Å². The van der Waals surface area contributed by atoms with Gasteiger partial charge in [-0.25, -0.2) is 13.6 Å². The van der Waals surface area contributed by atoms with Gasteiger partial charge >= 0.3 is 0 Å². The van der Waals surface area contributed by atoms with Crippen molar-refractivity contribution in [3.05, 3.63) is 24.3 Å². The van der Waals surface area contributed by atoms with Crippen LogP contribution in [-0.4, -0.2) is 20.9 Å². The SMILES string of the molecule is CCC(CC)(CN)C(=O)Nc1ccc(S(N)(=O)=O)cc1. The number of benzene rings is 1. The minimum Gasteiger partial charge on any atom is -0.329 e. The standard InChI is InChI=1S/C13H21N3O3S/c1-3-13(4-2,9-14)12(17)16-10-5-7-11(8-6-10)20(15,18)19/h5-8H,3-4,9,14H2,1-2H3,(H,16,17)(H2,15,18,19). The fourth-order valence-corrected chi connectivity index (χ4v) is 2.46. The van der Waals surface area contributed by atoms with E-state index in [1.807, 2.05) is 13.8 Å². The van der Waals surface area contributed by atoms with Gasteiger partial charge in [0.15, 0.2) is 0 Å². The molecular weight excluding hydrogens is 278 g/mol. The van der Waals surface area contributed by atoms with Crippen LogP contribution >= 0.6 is 0 Å². The van der Waals surface area contributed by atoms with E-state index in [-0.39, 0.29) is 17.3 Å². The first-order chi connectivity index (χ1) is 9.29. The first kappa shape index (κ1) is 16.6. The van der Waals surface area contributed by atoms with Gasteiger partial charge in [-0.05, 0) is 37.1 Å². The molecule has 1 rings (SSSR count). The van der Waals surface area contributed by atoms with Gasteiger partial charge in [-0.2, -0.15) is 0 Å². The second-order valence-electron chi connectivity index (χ2n) is 4.72. The molecule has 0 bridgehead atoms. The molecule has 112 valence electrons. The number of hydrogen-bond donors (Lipinski definition) is 3. The van der Waals surface area contributed by atoms with E-state index in [1.165, 1.54) is 24.3 Å². The molecule has 0 aliphatic carbocycles. The maximum atomic E-state index is 12.3. The van der Waals surface area contributed by atoms with Gasteiger partial charge in [0, 0.05) is 12.2 Å². The number of nitrogens with one attached hydrogen (secondary N) is 1. The molecule has 20 heavy (non-hydrogen) atoms. The largest absolute Gasteiger partial charge is 0.329 e. The second kappa shape index (κ2) is 6.34. The Morgan fingerprint density at radius 3 is 2.05 bits per heavy atom. The average Bonchev–Trinajstić information content (AvgIpc) is 2.41. The lowest BCUT2D eigenvalue weighted by atomic mass is 9.81. The summed E-state index contributed by atoms with van der Waals surface area (Å²) < 4.78 is 22.3. The molecule has 0 aliphatic rings.